The Balaban J connectivity index is 1.58. The molecule has 1 amide bonds. The molecule has 0 bridgehead atoms. The SMILES string of the molecule is C[C@H]1C[C@H]1C(=O)OCC(=O)Nc1ccccc1Oc1ccccc1. The van der Waals surface area contributed by atoms with Crippen LogP contribution in [0, 0.1) is 11.8 Å². The lowest BCUT2D eigenvalue weighted by Crippen LogP contribution is -2.22. The Hall–Kier alpha value is -2.82. The molecule has 2 aromatic carbocycles. The quantitative estimate of drug-likeness (QED) is 0.824. The Morgan fingerprint density at radius 2 is 1.75 bits per heavy atom. The molecule has 5 nitrogen and oxygen atoms in total. The average molecular weight is 325 g/mol. The van der Waals surface area contributed by atoms with Crippen molar-refractivity contribution in [3.8, 4) is 11.5 Å². The van der Waals surface area contributed by atoms with Crippen LogP contribution in [0.3, 0.4) is 0 Å². The molecule has 5 heteroatoms. The Morgan fingerprint density at radius 3 is 2.46 bits per heavy atom. The number of benzene rings is 2. The molecule has 0 radical (unpaired) electrons. The third-order valence-corrected chi connectivity index (χ3v) is 3.89. The minimum absolute atomic E-state index is 0.0495. The Kier molecular flexibility index (Phi) is 4.79. The topological polar surface area (TPSA) is 64.6 Å². The number of esters is 1. The van der Waals surface area contributed by atoms with Crippen molar-refractivity contribution in [3.05, 3.63) is 54.6 Å². The molecular formula is C19H19NO4. The van der Waals surface area contributed by atoms with Crippen molar-refractivity contribution in [1.29, 1.82) is 0 Å². The molecule has 1 fully saturated rings. The molecule has 0 aromatic heterocycles. The number of para-hydroxylation sites is 3. The third kappa shape index (κ3) is 4.13. The van der Waals surface area contributed by atoms with Gasteiger partial charge >= 0.3 is 5.97 Å². The van der Waals surface area contributed by atoms with Crippen molar-refractivity contribution in [1.82, 2.24) is 0 Å². The first kappa shape index (κ1) is 16.1. The van der Waals surface area contributed by atoms with Gasteiger partial charge in [-0.3, -0.25) is 9.59 Å². The predicted molar refractivity (Wildman–Crippen MR) is 89.8 cm³/mol. The van der Waals surface area contributed by atoms with Crippen LogP contribution in [0.5, 0.6) is 11.5 Å². The minimum Gasteiger partial charge on any atom is -0.455 e. The molecule has 0 saturated heterocycles. The van der Waals surface area contributed by atoms with Gasteiger partial charge in [0.25, 0.3) is 5.91 Å². The van der Waals surface area contributed by atoms with Crippen LogP contribution in [0.15, 0.2) is 54.6 Å². The van der Waals surface area contributed by atoms with Crippen molar-refractivity contribution < 1.29 is 19.1 Å². The highest BCUT2D eigenvalue weighted by Gasteiger charge is 2.40. The first-order chi connectivity index (χ1) is 11.6. The molecule has 2 aromatic rings. The molecule has 124 valence electrons. The van der Waals surface area contributed by atoms with Gasteiger partial charge in [-0.05, 0) is 36.6 Å². The lowest BCUT2D eigenvalue weighted by Gasteiger charge is -2.12. The smallest absolute Gasteiger partial charge is 0.309 e. The second-order valence-electron chi connectivity index (χ2n) is 5.89. The number of anilines is 1. The fourth-order valence-corrected chi connectivity index (χ4v) is 2.35. The van der Waals surface area contributed by atoms with Crippen molar-refractivity contribution >= 4 is 17.6 Å². The maximum atomic E-state index is 12.0. The largest absolute Gasteiger partial charge is 0.455 e. The van der Waals surface area contributed by atoms with E-state index in [1.54, 1.807) is 18.2 Å². The van der Waals surface area contributed by atoms with Crippen LogP contribution in [-0.4, -0.2) is 18.5 Å². The summed E-state index contributed by atoms with van der Waals surface area (Å²) in [7, 11) is 0. The number of rotatable bonds is 6. The normalized spacial score (nSPS) is 18.5. The fourth-order valence-electron chi connectivity index (χ4n) is 2.35. The summed E-state index contributed by atoms with van der Waals surface area (Å²) in [6, 6.07) is 16.4. The molecule has 1 aliphatic carbocycles. The molecule has 0 heterocycles. The van der Waals surface area contributed by atoms with Gasteiger partial charge in [-0.15, -0.1) is 0 Å². The molecule has 2 atom stereocenters. The number of nitrogens with one attached hydrogen (secondary N) is 1. The molecular weight excluding hydrogens is 306 g/mol. The molecule has 24 heavy (non-hydrogen) atoms. The van der Waals surface area contributed by atoms with Crippen LogP contribution in [0.4, 0.5) is 5.69 Å². The van der Waals surface area contributed by atoms with Crippen LogP contribution < -0.4 is 10.1 Å². The number of carbonyl (C=O) groups excluding carboxylic acids is 2. The highest BCUT2D eigenvalue weighted by molar-refractivity contribution is 5.94. The monoisotopic (exact) mass is 325 g/mol. The lowest BCUT2D eigenvalue weighted by atomic mass is 10.3. The van der Waals surface area contributed by atoms with E-state index in [0.29, 0.717) is 23.1 Å². The minimum atomic E-state index is -0.388. The number of hydrogen-bond acceptors (Lipinski definition) is 4. The average Bonchev–Trinajstić information content (AvgIpc) is 3.32. The standard InChI is InChI=1S/C19H19NO4/c1-13-11-15(13)19(22)23-12-18(21)20-16-9-5-6-10-17(16)24-14-7-3-2-4-8-14/h2-10,13,15H,11-12H2,1H3,(H,20,21)/t13-,15+/m0/s1. The summed E-state index contributed by atoms with van der Waals surface area (Å²) < 4.78 is 10.8. The van der Waals surface area contributed by atoms with Crippen LogP contribution in [0.2, 0.25) is 0 Å². The van der Waals surface area contributed by atoms with Crippen LogP contribution in [0.25, 0.3) is 0 Å². The molecule has 0 spiro atoms. The maximum absolute atomic E-state index is 12.0. The fraction of sp³-hybridized carbons (Fsp3) is 0.263. The van der Waals surface area contributed by atoms with Crippen molar-refractivity contribution in [2.45, 2.75) is 13.3 Å². The second-order valence-corrected chi connectivity index (χ2v) is 5.89. The van der Waals surface area contributed by atoms with E-state index in [1.807, 2.05) is 43.3 Å². The van der Waals surface area contributed by atoms with Crippen molar-refractivity contribution in [2.75, 3.05) is 11.9 Å². The maximum Gasteiger partial charge on any atom is 0.309 e. The highest BCUT2D eigenvalue weighted by atomic mass is 16.5. The van der Waals surface area contributed by atoms with E-state index in [4.69, 9.17) is 9.47 Å². The first-order valence-electron chi connectivity index (χ1n) is 7.92. The van der Waals surface area contributed by atoms with Gasteiger partial charge in [0, 0.05) is 0 Å². The number of amides is 1. The van der Waals surface area contributed by atoms with E-state index in [9.17, 15) is 9.59 Å². The molecule has 1 aliphatic rings. The molecule has 3 rings (SSSR count). The summed E-state index contributed by atoms with van der Waals surface area (Å²) in [5.41, 5.74) is 0.530. The van der Waals surface area contributed by atoms with Gasteiger partial charge in [0.15, 0.2) is 12.4 Å². The molecule has 1 saturated carbocycles. The second kappa shape index (κ2) is 7.17. The first-order valence-corrected chi connectivity index (χ1v) is 7.92. The Morgan fingerprint density at radius 1 is 1.08 bits per heavy atom. The predicted octanol–water partition coefficient (Wildman–Crippen LogP) is 3.62. The van der Waals surface area contributed by atoms with Crippen molar-refractivity contribution in [2.24, 2.45) is 11.8 Å². The van der Waals surface area contributed by atoms with Crippen LogP contribution >= 0.6 is 0 Å². The third-order valence-electron chi connectivity index (χ3n) is 3.89. The zero-order valence-corrected chi connectivity index (χ0v) is 13.4. The molecule has 0 unspecified atom stereocenters. The van der Waals surface area contributed by atoms with Gasteiger partial charge in [0.2, 0.25) is 0 Å². The summed E-state index contributed by atoms with van der Waals surface area (Å²) in [4.78, 5) is 23.7. The van der Waals surface area contributed by atoms with E-state index in [1.165, 1.54) is 0 Å². The lowest BCUT2D eigenvalue weighted by molar-refractivity contribution is -0.148. The van der Waals surface area contributed by atoms with Gasteiger partial charge < -0.3 is 14.8 Å². The van der Waals surface area contributed by atoms with Crippen LogP contribution in [-0.2, 0) is 14.3 Å². The summed E-state index contributed by atoms with van der Waals surface area (Å²) in [5, 5.41) is 2.72. The number of ether oxygens (including phenoxy) is 2. The van der Waals surface area contributed by atoms with Gasteiger partial charge in [-0.25, -0.2) is 0 Å². The zero-order chi connectivity index (χ0) is 16.9. The van der Waals surface area contributed by atoms with E-state index in [2.05, 4.69) is 5.32 Å². The number of hydrogen-bond donors (Lipinski definition) is 1. The van der Waals surface area contributed by atoms with Gasteiger partial charge in [-0.1, -0.05) is 37.3 Å². The highest BCUT2D eigenvalue weighted by Crippen LogP contribution is 2.38. The van der Waals surface area contributed by atoms with Crippen LogP contribution in [0.1, 0.15) is 13.3 Å². The van der Waals surface area contributed by atoms with Gasteiger partial charge in [0.05, 0.1) is 11.6 Å². The van der Waals surface area contributed by atoms with Gasteiger partial charge in [0.1, 0.15) is 5.75 Å². The van der Waals surface area contributed by atoms with Crippen molar-refractivity contribution in [3.63, 3.8) is 0 Å². The van der Waals surface area contributed by atoms with Gasteiger partial charge in [-0.2, -0.15) is 0 Å². The summed E-state index contributed by atoms with van der Waals surface area (Å²) in [6.07, 6.45) is 0.841. The Labute approximate surface area is 140 Å². The number of carbonyl (C=O) groups is 2. The summed E-state index contributed by atoms with van der Waals surface area (Å²) in [5.74, 6) is 0.826. The van der Waals surface area contributed by atoms with E-state index < -0.39 is 0 Å². The van der Waals surface area contributed by atoms with E-state index in [-0.39, 0.29) is 24.4 Å². The molecule has 1 N–H and O–H groups in total. The summed E-state index contributed by atoms with van der Waals surface area (Å²) >= 11 is 0. The van der Waals surface area contributed by atoms with E-state index >= 15 is 0 Å². The zero-order valence-electron chi connectivity index (χ0n) is 13.4. The molecule has 0 aliphatic heterocycles. The van der Waals surface area contributed by atoms with E-state index in [0.717, 1.165) is 6.42 Å². The Bertz CT molecular complexity index is 729. The summed E-state index contributed by atoms with van der Waals surface area (Å²) in [6.45, 7) is 1.70.